The van der Waals surface area contributed by atoms with Gasteiger partial charge in [0.25, 0.3) is 5.91 Å². The van der Waals surface area contributed by atoms with E-state index >= 15 is 0 Å². The lowest BCUT2D eigenvalue weighted by Crippen LogP contribution is -2.26. The topological polar surface area (TPSA) is 193 Å². The van der Waals surface area contributed by atoms with Crippen LogP contribution < -0.4 is 22.5 Å². The summed E-state index contributed by atoms with van der Waals surface area (Å²) in [5.74, 6) is -0.589. The number of hydrogen-bond acceptors (Lipinski definition) is 7. The lowest BCUT2D eigenvalue weighted by Gasteiger charge is -2.10. The first-order valence-corrected chi connectivity index (χ1v) is 12.9. The van der Waals surface area contributed by atoms with E-state index < -0.39 is 5.91 Å². The molecule has 10 nitrogen and oxygen atoms in total. The van der Waals surface area contributed by atoms with Crippen molar-refractivity contribution in [1.29, 1.82) is 10.7 Å². The van der Waals surface area contributed by atoms with Gasteiger partial charge >= 0.3 is 0 Å². The molecule has 0 saturated heterocycles. The standard InChI is InChI=1S/C21H23N9O.C8H13F.C2HF/c1-3-27-19(25)16(18(23)24)8-12(2)14-6-4-13(5-7-14)10-28-21-17(20(26)31)30-15(9-22)11-29-21;1-3-8(2)6-4-5-7-9;1-2-3/h4-8,11H,2-3,10H2,1H3,(H3,23,24)(H2,25,27)(H2,26,31)(H,28,29);4-6H,3,7H2,1-2H3;1H/b16-8-;5-4-,8-6+;. The molecule has 0 unspecified atom stereocenters. The Balaban J connectivity index is 0.00000124. The number of nitrogens with zero attached hydrogens (tertiary/aromatic N) is 4. The molecule has 2 rings (SSSR count). The van der Waals surface area contributed by atoms with Gasteiger partial charge < -0.3 is 22.5 Å². The van der Waals surface area contributed by atoms with E-state index in [-0.39, 0.29) is 35.6 Å². The number of alkyl halides is 1. The highest BCUT2D eigenvalue weighted by atomic mass is 19.1. The summed E-state index contributed by atoms with van der Waals surface area (Å²) in [6.45, 7) is 10.4. The molecule has 2 aromatic rings. The summed E-state index contributed by atoms with van der Waals surface area (Å²) in [4.78, 5) is 23.6. The highest BCUT2D eigenvalue weighted by Gasteiger charge is 2.13. The lowest BCUT2D eigenvalue weighted by atomic mass is 10.0. The molecule has 0 bridgehead atoms. The number of hydrogen-bond donors (Lipinski definition) is 5. The predicted molar refractivity (Wildman–Crippen MR) is 169 cm³/mol. The Bertz CT molecular complexity index is 1450. The van der Waals surface area contributed by atoms with Crippen LogP contribution in [0.3, 0.4) is 0 Å². The Morgan fingerprint density at radius 3 is 2.37 bits per heavy atom. The van der Waals surface area contributed by atoms with Gasteiger partial charge in [-0.3, -0.25) is 15.2 Å². The van der Waals surface area contributed by atoms with Gasteiger partial charge in [-0.2, -0.15) is 5.26 Å². The molecule has 12 heteroatoms. The molecule has 0 aliphatic rings. The number of halogens is 2. The van der Waals surface area contributed by atoms with Crippen LogP contribution in [0.15, 0.2) is 77.5 Å². The number of amides is 1. The number of rotatable bonds is 12. The van der Waals surface area contributed by atoms with Gasteiger partial charge in [0.05, 0.1) is 11.8 Å². The molecule has 226 valence electrons. The molecule has 0 aliphatic carbocycles. The normalized spacial score (nSPS) is 11.2. The van der Waals surface area contributed by atoms with E-state index in [1.54, 1.807) is 12.2 Å². The van der Waals surface area contributed by atoms with E-state index in [0.29, 0.717) is 24.2 Å². The molecule has 0 aliphatic heterocycles. The maximum Gasteiger partial charge on any atom is 0.271 e. The minimum absolute atomic E-state index is 0.00446. The number of aliphatic imine (C=N–C) groups is 1. The number of carbonyl (C=O) groups excluding carboxylic acids is 1. The third-order valence-electron chi connectivity index (χ3n) is 5.28. The molecule has 0 saturated carbocycles. The van der Waals surface area contributed by atoms with Crippen LogP contribution in [0, 0.1) is 29.3 Å². The fourth-order valence-corrected chi connectivity index (χ4v) is 2.97. The van der Waals surface area contributed by atoms with Crippen LogP contribution >= 0.6 is 0 Å². The van der Waals surface area contributed by atoms with Crippen molar-refractivity contribution in [2.24, 2.45) is 22.2 Å². The zero-order valence-electron chi connectivity index (χ0n) is 24.5. The van der Waals surface area contributed by atoms with Gasteiger partial charge in [-0.1, -0.05) is 68.0 Å². The molecular weight excluding hydrogens is 552 g/mol. The Morgan fingerprint density at radius 2 is 1.88 bits per heavy atom. The molecule has 0 spiro atoms. The monoisotopic (exact) mass is 589 g/mol. The smallest absolute Gasteiger partial charge is 0.271 e. The number of nitrogens with one attached hydrogen (secondary N) is 2. The fourth-order valence-electron chi connectivity index (χ4n) is 2.97. The average Bonchev–Trinajstić information content (AvgIpc) is 2.99. The number of allylic oxidation sites excluding steroid dienone is 6. The van der Waals surface area contributed by atoms with Crippen molar-refractivity contribution in [3.63, 3.8) is 0 Å². The van der Waals surface area contributed by atoms with Crippen molar-refractivity contribution in [2.75, 3.05) is 18.5 Å². The number of aromatic nitrogens is 2. The molecular formula is C31H37F2N9O. The zero-order chi connectivity index (χ0) is 32.8. The highest BCUT2D eigenvalue weighted by Crippen LogP contribution is 2.18. The summed E-state index contributed by atoms with van der Waals surface area (Å²) < 4.78 is 21.3. The van der Waals surface area contributed by atoms with Gasteiger partial charge in [-0.15, -0.1) is 4.39 Å². The molecule has 43 heavy (non-hydrogen) atoms. The number of carbonyl (C=O) groups is 1. The van der Waals surface area contributed by atoms with Gasteiger partial charge in [0.1, 0.15) is 30.6 Å². The average molecular weight is 590 g/mol. The van der Waals surface area contributed by atoms with E-state index in [1.807, 2.05) is 50.3 Å². The van der Waals surface area contributed by atoms with Crippen LogP contribution in [0.5, 0.6) is 0 Å². The van der Waals surface area contributed by atoms with Gasteiger partial charge in [-0.05, 0) is 43.0 Å². The third kappa shape index (κ3) is 14.5. The van der Waals surface area contributed by atoms with Crippen molar-refractivity contribution in [3.05, 3.63) is 95.0 Å². The van der Waals surface area contributed by atoms with Crippen LogP contribution in [0.25, 0.3) is 5.57 Å². The Labute approximate surface area is 251 Å². The quantitative estimate of drug-likeness (QED) is 0.102. The van der Waals surface area contributed by atoms with Crippen LogP contribution in [-0.4, -0.2) is 40.8 Å². The van der Waals surface area contributed by atoms with Gasteiger partial charge in [0.15, 0.2) is 17.2 Å². The molecule has 8 N–H and O–H groups in total. The van der Waals surface area contributed by atoms with Crippen molar-refractivity contribution in [1.82, 2.24) is 9.97 Å². The maximum absolute atomic E-state index is 11.6. The molecule has 1 aromatic carbocycles. The number of amidine groups is 2. The molecule has 1 heterocycles. The van der Waals surface area contributed by atoms with Crippen molar-refractivity contribution < 1.29 is 13.6 Å². The Kier molecular flexibility index (Phi) is 18.4. The predicted octanol–water partition coefficient (Wildman–Crippen LogP) is 4.73. The van der Waals surface area contributed by atoms with Crippen LogP contribution in [0.1, 0.15) is 54.5 Å². The molecule has 1 aromatic heterocycles. The van der Waals surface area contributed by atoms with E-state index in [9.17, 15) is 13.6 Å². The SMILES string of the molecule is C#CF.C=C(/C=C(/C(=N)N)C(N)=NCC)c1ccc(CNc2ncc(C#N)nc2C(N)=O)cc1.CC/C(C)=C/C=C\CF. The summed E-state index contributed by atoms with van der Waals surface area (Å²) in [5.41, 5.74) is 20.6. The van der Waals surface area contributed by atoms with Crippen molar-refractivity contribution in [3.8, 4) is 18.7 Å². The van der Waals surface area contributed by atoms with Crippen molar-refractivity contribution >= 4 is 29.0 Å². The largest absolute Gasteiger partial charge is 0.384 e. The van der Waals surface area contributed by atoms with E-state index in [2.05, 4.69) is 40.2 Å². The Morgan fingerprint density at radius 1 is 1.26 bits per heavy atom. The lowest BCUT2D eigenvalue weighted by molar-refractivity contribution is 0.0996. The van der Waals surface area contributed by atoms with Gasteiger partial charge in [0, 0.05) is 13.1 Å². The first-order chi connectivity index (χ1) is 20.5. The second-order valence-electron chi connectivity index (χ2n) is 8.39. The second-order valence-corrected chi connectivity index (χ2v) is 8.39. The fraction of sp³-hybridized carbons (Fsp3) is 0.226. The van der Waals surface area contributed by atoms with Gasteiger partial charge in [-0.25, -0.2) is 14.4 Å². The highest BCUT2D eigenvalue weighted by molar-refractivity contribution is 6.21. The minimum atomic E-state index is -0.780. The first-order valence-electron chi connectivity index (χ1n) is 12.9. The maximum atomic E-state index is 11.6. The third-order valence-corrected chi connectivity index (χ3v) is 5.28. The Hall–Kier alpha value is -5.62. The van der Waals surface area contributed by atoms with E-state index in [1.165, 1.54) is 17.8 Å². The number of nitrogens with two attached hydrogens (primary N) is 3. The zero-order valence-corrected chi connectivity index (χ0v) is 24.5. The molecule has 1 amide bonds. The number of nitriles is 1. The van der Waals surface area contributed by atoms with E-state index in [4.69, 9.17) is 27.9 Å². The van der Waals surface area contributed by atoms with Gasteiger partial charge in [0.2, 0.25) is 0 Å². The summed E-state index contributed by atoms with van der Waals surface area (Å²) in [7, 11) is 0. The summed E-state index contributed by atoms with van der Waals surface area (Å²) in [5, 5.41) is 19.6. The summed E-state index contributed by atoms with van der Waals surface area (Å²) in [6.07, 6.45) is 13.8. The summed E-state index contributed by atoms with van der Waals surface area (Å²) in [6, 6.07) is 9.23. The second kappa shape index (κ2) is 21.2. The van der Waals surface area contributed by atoms with Crippen LogP contribution in [0.2, 0.25) is 0 Å². The van der Waals surface area contributed by atoms with E-state index in [0.717, 1.165) is 23.7 Å². The number of primary amides is 1. The molecule has 0 radical (unpaired) electrons. The van der Waals surface area contributed by atoms with Crippen molar-refractivity contribution in [2.45, 2.75) is 33.7 Å². The number of anilines is 1. The molecule has 0 fully saturated rings. The van der Waals surface area contributed by atoms with Crippen LogP contribution in [-0.2, 0) is 6.54 Å². The van der Waals surface area contributed by atoms with Crippen LogP contribution in [0.4, 0.5) is 14.6 Å². The number of terminal acetylenes is 1. The molecule has 0 atom stereocenters. The first kappa shape index (κ1) is 37.4. The number of benzene rings is 1. The minimum Gasteiger partial charge on any atom is -0.384 e. The summed E-state index contributed by atoms with van der Waals surface area (Å²) >= 11 is 0.